The summed E-state index contributed by atoms with van der Waals surface area (Å²) in [7, 11) is 0. The Balaban J connectivity index is 1.76. The van der Waals surface area contributed by atoms with Crippen molar-refractivity contribution >= 4 is 16.5 Å². The zero-order valence-electron chi connectivity index (χ0n) is 11.0. The first kappa shape index (κ1) is 12.5. The largest absolute Gasteiger partial charge is 0.347 e. The van der Waals surface area contributed by atoms with Crippen LogP contribution < -0.4 is 4.90 Å². The highest BCUT2D eigenvalue weighted by Crippen LogP contribution is 2.28. The van der Waals surface area contributed by atoms with Crippen LogP contribution >= 0.6 is 11.3 Å². The third kappa shape index (κ3) is 3.10. The molecule has 3 heterocycles. The molecule has 0 amide bonds. The minimum atomic E-state index is 0.914. The third-order valence-corrected chi connectivity index (χ3v) is 4.43. The molecule has 3 rings (SSSR count). The summed E-state index contributed by atoms with van der Waals surface area (Å²) in [4.78, 5) is 6.71. The van der Waals surface area contributed by atoms with Crippen LogP contribution in [0.3, 0.4) is 0 Å². The summed E-state index contributed by atoms with van der Waals surface area (Å²) in [6.07, 6.45) is 8.37. The van der Waals surface area contributed by atoms with Crippen molar-refractivity contribution in [2.75, 3.05) is 18.0 Å². The molecule has 1 aliphatic heterocycles. The van der Waals surface area contributed by atoms with E-state index in [1.54, 1.807) is 17.5 Å². The van der Waals surface area contributed by atoms with Crippen molar-refractivity contribution in [2.45, 2.75) is 32.1 Å². The number of nitrogens with zero attached hydrogens (tertiary/aromatic N) is 4. The van der Waals surface area contributed by atoms with Crippen LogP contribution in [0.5, 0.6) is 0 Å². The first-order valence-electron chi connectivity index (χ1n) is 6.93. The topological polar surface area (TPSA) is 41.9 Å². The van der Waals surface area contributed by atoms with Gasteiger partial charge in [0, 0.05) is 19.3 Å². The van der Waals surface area contributed by atoms with E-state index in [2.05, 4.69) is 20.1 Å². The Kier molecular flexibility index (Phi) is 4.03. The fourth-order valence-corrected chi connectivity index (χ4v) is 3.25. The van der Waals surface area contributed by atoms with E-state index in [1.807, 2.05) is 18.2 Å². The molecular weight excluding hydrogens is 256 g/mol. The van der Waals surface area contributed by atoms with Crippen molar-refractivity contribution in [1.82, 2.24) is 15.2 Å². The highest BCUT2D eigenvalue weighted by molar-refractivity contribution is 7.18. The minimum Gasteiger partial charge on any atom is -0.347 e. The predicted molar refractivity (Wildman–Crippen MR) is 78.4 cm³/mol. The maximum Gasteiger partial charge on any atom is 0.208 e. The van der Waals surface area contributed by atoms with Crippen LogP contribution in [-0.2, 0) is 0 Å². The monoisotopic (exact) mass is 274 g/mol. The third-order valence-electron chi connectivity index (χ3n) is 3.42. The summed E-state index contributed by atoms with van der Waals surface area (Å²) in [6, 6.07) is 5.89. The summed E-state index contributed by atoms with van der Waals surface area (Å²) in [5.41, 5.74) is 0.915. The molecule has 19 heavy (non-hydrogen) atoms. The molecular formula is C14H18N4S. The van der Waals surface area contributed by atoms with Crippen molar-refractivity contribution in [3.63, 3.8) is 0 Å². The van der Waals surface area contributed by atoms with Crippen LogP contribution in [0.25, 0.3) is 10.7 Å². The van der Waals surface area contributed by atoms with E-state index in [9.17, 15) is 0 Å². The highest BCUT2D eigenvalue weighted by atomic mass is 32.1. The average molecular weight is 274 g/mol. The van der Waals surface area contributed by atoms with Gasteiger partial charge in [-0.3, -0.25) is 4.98 Å². The number of hydrogen-bond donors (Lipinski definition) is 0. The molecule has 0 spiro atoms. The Morgan fingerprint density at radius 3 is 2.47 bits per heavy atom. The SMILES string of the molecule is c1ccc(-c2nnc(N3CCCCCCC3)s2)nc1. The lowest BCUT2D eigenvalue weighted by atomic mass is 10.1. The summed E-state index contributed by atoms with van der Waals surface area (Å²) in [6.45, 7) is 2.22. The van der Waals surface area contributed by atoms with Gasteiger partial charge in [-0.1, -0.05) is 36.7 Å². The molecule has 0 aliphatic carbocycles. The summed E-state index contributed by atoms with van der Waals surface area (Å²) in [5.74, 6) is 0. The fraction of sp³-hybridized carbons (Fsp3) is 0.500. The normalized spacial score (nSPS) is 16.9. The summed E-state index contributed by atoms with van der Waals surface area (Å²) in [5, 5.41) is 10.6. The quantitative estimate of drug-likeness (QED) is 0.842. The Labute approximate surface area is 117 Å². The molecule has 1 fully saturated rings. The van der Waals surface area contributed by atoms with E-state index in [-0.39, 0.29) is 0 Å². The van der Waals surface area contributed by atoms with Gasteiger partial charge in [-0.05, 0) is 25.0 Å². The van der Waals surface area contributed by atoms with Crippen molar-refractivity contribution in [3.8, 4) is 10.7 Å². The van der Waals surface area contributed by atoms with E-state index in [1.165, 1.54) is 32.1 Å². The number of aromatic nitrogens is 3. The molecule has 5 heteroatoms. The predicted octanol–water partition coefficient (Wildman–Crippen LogP) is 3.37. The van der Waals surface area contributed by atoms with Gasteiger partial charge in [0.25, 0.3) is 0 Å². The number of rotatable bonds is 2. The number of pyridine rings is 1. The van der Waals surface area contributed by atoms with Crippen LogP contribution in [0.1, 0.15) is 32.1 Å². The highest BCUT2D eigenvalue weighted by Gasteiger charge is 2.15. The molecule has 1 saturated heterocycles. The lowest BCUT2D eigenvalue weighted by Crippen LogP contribution is -2.26. The van der Waals surface area contributed by atoms with Crippen LogP contribution in [-0.4, -0.2) is 28.3 Å². The fourth-order valence-electron chi connectivity index (χ4n) is 2.37. The maximum absolute atomic E-state index is 4.34. The van der Waals surface area contributed by atoms with E-state index in [0.717, 1.165) is 28.9 Å². The molecule has 4 nitrogen and oxygen atoms in total. The van der Waals surface area contributed by atoms with E-state index < -0.39 is 0 Å². The number of hydrogen-bond acceptors (Lipinski definition) is 5. The van der Waals surface area contributed by atoms with Gasteiger partial charge in [-0.25, -0.2) is 0 Å². The zero-order chi connectivity index (χ0) is 12.9. The molecule has 0 unspecified atom stereocenters. The molecule has 0 radical (unpaired) electrons. The Morgan fingerprint density at radius 2 is 1.74 bits per heavy atom. The van der Waals surface area contributed by atoms with Crippen LogP contribution in [0, 0.1) is 0 Å². The van der Waals surface area contributed by atoms with Gasteiger partial charge in [-0.15, -0.1) is 10.2 Å². The lowest BCUT2D eigenvalue weighted by Gasteiger charge is -2.23. The maximum atomic E-state index is 4.34. The molecule has 0 aromatic carbocycles. The standard InChI is InChI=1S/C14H18N4S/c1-2-6-10-18(11-7-3-1)14-17-16-13(19-14)12-8-4-5-9-15-12/h4-5,8-9H,1-3,6-7,10-11H2. The molecule has 2 aromatic rings. The Hall–Kier alpha value is -1.49. The van der Waals surface area contributed by atoms with Gasteiger partial charge in [0.1, 0.15) is 5.69 Å². The van der Waals surface area contributed by atoms with Gasteiger partial charge < -0.3 is 4.90 Å². The first-order chi connectivity index (χ1) is 9.43. The molecule has 0 atom stereocenters. The second-order valence-corrected chi connectivity index (χ2v) is 5.82. The first-order valence-corrected chi connectivity index (χ1v) is 7.75. The summed E-state index contributed by atoms with van der Waals surface area (Å²) >= 11 is 1.65. The van der Waals surface area contributed by atoms with Gasteiger partial charge in [0.05, 0.1) is 0 Å². The number of anilines is 1. The second-order valence-electron chi connectivity index (χ2n) is 4.86. The van der Waals surface area contributed by atoms with Crippen molar-refractivity contribution in [2.24, 2.45) is 0 Å². The molecule has 100 valence electrons. The van der Waals surface area contributed by atoms with Crippen LogP contribution in [0.4, 0.5) is 5.13 Å². The van der Waals surface area contributed by atoms with Gasteiger partial charge in [0.15, 0.2) is 5.01 Å². The molecule has 0 bridgehead atoms. The second kappa shape index (κ2) is 6.10. The van der Waals surface area contributed by atoms with Gasteiger partial charge in [0.2, 0.25) is 5.13 Å². The van der Waals surface area contributed by atoms with Crippen molar-refractivity contribution < 1.29 is 0 Å². The molecule has 2 aromatic heterocycles. The summed E-state index contributed by atoms with van der Waals surface area (Å²) < 4.78 is 0. The Bertz CT molecular complexity index is 503. The Morgan fingerprint density at radius 1 is 0.947 bits per heavy atom. The molecule has 0 N–H and O–H groups in total. The molecule has 0 saturated carbocycles. The van der Waals surface area contributed by atoms with Crippen LogP contribution in [0.15, 0.2) is 24.4 Å². The smallest absolute Gasteiger partial charge is 0.208 e. The van der Waals surface area contributed by atoms with E-state index in [4.69, 9.17) is 0 Å². The lowest BCUT2D eigenvalue weighted by molar-refractivity contribution is 0.555. The van der Waals surface area contributed by atoms with Crippen LogP contribution in [0.2, 0.25) is 0 Å². The average Bonchev–Trinajstić information content (AvgIpc) is 2.89. The van der Waals surface area contributed by atoms with E-state index >= 15 is 0 Å². The van der Waals surface area contributed by atoms with Crippen molar-refractivity contribution in [3.05, 3.63) is 24.4 Å². The van der Waals surface area contributed by atoms with Gasteiger partial charge >= 0.3 is 0 Å². The molecule has 1 aliphatic rings. The van der Waals surface area contributed by atoms with Gasteiger partial charge in [-0.2, -0.15) is 0 Å². The van der Waals surface area contributed by atoms with E-state index in [0.29, 0.717) is 0 Å². The van der Waals surface area contributed by atoms with Crippen molar-refractivity contribution in [1.29, 1.82) is 0 Å². The minimum absolute atomic E-state index is 0.914. The zero-order valence-corrected chi connectivity index (χ0v) is 11.8.